The second-order valence-corrected chi connectivity index (χ2v) is 14.2. The summed E-state index contributed by atoms with van der Waals surface area (Å²) >= 11 is 0. The molecule has 0 aliphatic carbocycles. The quantitative estimate of drug-likeness (QED) is 0.182. The van der Waals surface area contributed by atoms with Crippen LogP contribution in [0.4, 0.5) is 34.1 Å². The number of anilines is 6. The summed E-state index contributed by atoms with van der Waals surface area (Å²) in [7, 11) is 0. The highest BCUT2D eigenvalue weighted by molar-refractivity contribution is 6.19. The molecule has 0 unspecified atom stereocenters. The molecule has 0 fully saturated rings. The number of hydrogen-bond acceptors (Lipinski definition) is 3. The average Bonchev–Trinajstić information content (AvgIpc) is 3.87. The highest BCUT2D eigenvalue weighted by atomic mass is 16.3. The minimum atomic E-state index is 0.875. The lowest BCUT2D eigenvalue weighted by atomic mass is 10.0. The molecule has 0 spiro atoms. The molecule has 0 N–H and O–H groups in total. The van der Waals surface area contributed by atoms with Gasteiger partial charge in [-0.25, -0.2) is 0 Å². The molecular formula is C48H28N4O. The molecule has 53 heavy (non-hydrogen) atoms. The van der Waals surface area contributed by atoms with Crippen LogP contribution in [0.1, 0.15) is 0 Å². The van der Waals surface area contributed by atoms with Gasteiger partial charge in [-0.2, -0.15) is 0 Å². The van der Waals surface area contributed by atoms with E-state index in [2.05, 4.69) is 189 Å². The van der Waals surface area contributed by atoms with Gasteiger partial charge in [0.2, 0.25) is 0 Å². The molecule has 0 bridgehead atoms. The van der Waals surface area contributed by atoms with E-state index in [1.54, 1.807) is 0 Å². The number of nitrogens with zero attached hydrogens (tertiary/aromatic N) is 4. The second-order valence-electron chi connectivity index (χ2n) is 14.2. The van der Waals surface area contributed by atoms with E-state index in [1.165, 1.54) is 66.4 Å². The Morgan fingerprint density at radius 3 is 1.19 bits per heavy atom. The van der Waals surface area contributed by atoms with E-state index >= 15 is 0 Å². The Balaban J connectivity index is 1.04. The molecule has 11 aromatic rings. The first kappa shape index (κ1) is 27.5. The predicted molar refractivity (Wildman–Crippen MR) is 219 cm³/mol. The number of benzene rings is 8. The SMILES string of the molecule is c1ccc2c(c1)N(c1ccc3oc4ccc(N5c6ccccc6-n6c7ccccc7c7cccc5c76)cc4c3c1)c1cccc3c4ccccc4n-2c13. The van der Waals surface area contributed by atoms with Crippen molar-refractivity contribution in [1.82, 2.24) is 9.13 Å². The van der Waals surface area contributed by atoms with Crippen LogP contribution in [0.5, 0.6) is 0 Å². The van der Waals surface area contributed by atoms with E-state index in [4.69, 9.17) is 4.42 Å². The Hall–Kier alpha value is -7.24. The maximum absolute atomic E-state index is 6.54. The normalized spacial score (nSPS) is 13.2. The third kappa shape index (κ3) is 3.42. The van der Waals surface area contributed by atoms with Gasteiger partial charge in [0.1, 0.15) is 11.2 Å². The molecule has 5 heteroatoms. The second kappa shape index (κ2) is 9.75. The molecule has 5 nitrogen and oxygen atoms in total. The van der Waals surface area contributed by atoms with Crippen LogP contribution in [-0.2, 0) is 0 Å². The number of hydrogen-bond donors (Lipinski definition) is 0. The molecule has 0 saturated heterocycles. The highest BCUT2D eigenvalue weighted by Gasteiger charge is 2.30. The van der Waals surface area contributed by atoms with Gasteiger partial charge in [0.25, 0.3) is 0 Å². The fourth-order valence-corrected chi connectivity index (χ4v) is 9.39. The molecule has 2 aliphatic heterocycles. The Morgan fingerprint density at radius 2 is 0.698 bits per heavy atom. The minimum Gasteiger partial charge on any atom is -0.456 e. The van der Waals surface area contributed by atoms with Crippen LogP contribution in [0.25, 0.3) is 76.9 Å². The fraction of sp³-hybridized carbons (Fsp3) is 0. The number of fused-ring (bicyclic) bond motifs is 13. The van der Waals surface area contributed by atoms with E-state index in [-0.39, 0.29) is 0 Å². The van der Waals surface area contributed by atoms with Crippen LogP contribution in [0.3, 0.4) is 0 Å². The average molecular weight is 677 g/mol. The number of rotatable bonds is 2. The van der Waals surface area contributed by atoms with Crippen LogP contribution >= 0.6 is 0 Å². The Morgan fingerprint density at radius 1 is 0.302 bits per heavy atom. The maximum atomic E-state index is 6.54. The van der Waals surface area contributed by atoms with Crippen molar-refractivity contribution < 1.29 is 4.42 Å². The van der Waals surface area contributed by atoms with Crippen molar-refractivity contribution in [2.45, 2.75) is 0 Å². The molecule has 8 aromatic carbocycles. The molecule has 3 aromatic heterocycles. The van der Waals surface area contributed by atoms with Gasteiger partial charge in [0, 0.05) is 43.7 Å². The summed E-state index contributed by atoms with van der Waals surface area (Å²) in [6, 6.07) is 61.6. The standard InChI is InChI=1S/C48H28N4O/c1-3-15-37-31(11-1)33-13-9-21-43-47(33)51(37)41-19-7-5-17-39(41)49(43)29-23-25-45-35(27-29)36-28-30(24-26-46(36)53-45)50-40-18-6-8-20-42(40)52-38-16-4-2-12-32(38)34-14-10-22-44(50)48(34)52/h1-28H. The molecule has 0 amide bonds. The van der Waals surface area contributed by atoms with Crippen molar-refractivity contribution in [2.24, 2.45) is 0 Å². The predicted octanol–water partition coefficient (Wildman–Crippen LogP) is 13.3. The smallest absolute Gasteiger partial charge is 0.135 e. The van der Waals surface area contributed by atoms with Gasteiger partial charge < -0.3 is 23.4 Å². The van der Waals surface area contributed by atoms with E-state index < -0.39 is 0 Å². The van der Waals surface area contributed by atoms with Gasteiger partial charge >= 0.3 is 0 Å². The van der Waals surface area contributed by atoms with Crippen LogP contribution in [0.2, 0.25) is 0 Å². The summed E-state index contributed by atoms with van der Waals surface area (Å²) in [6.45, 7) is 0. The maximum Gasteiger partial charge on any atom is 0.135 e. The first-order valence-electron chi connectivity index (χ1n) is 18.1. The van der Waals surface area contributed by atoms with Crippen molar-refractivity contribution in [3.8, 4) is 11.4 Å². The van der Waals surface area contributed by atoms with Crippen LogP contribution in [0, 0.1) is 0 Å². The Bertz CT molecular complexity index is 3160. The molecule has 2 aliphatic rings. The summed E-state index contributed by atoms with van der Waals surface area (Å²) in [5.74, 6) is 0. The van der Waals surface area contributed by atoms with E-state index in [1.807, 2.05) is 0 Å². The Kier molecular flexibility index (Phi) is 5.06. The molecule has 5 heterocycles. The Labute approximate surface area is 303 Å². The minimum absolute atomic E-state index is 0.875. The largest absolute Gasteiger partial charge is 0.456 e. The topological polar surface area (TPSA) is 29.5 Å². The zero-order chi connectivity index (χ0) is 34.4. The van der Waals surface area contributed by atoms with Gasteiger partial charge in [0.15, 0.2) is 0 Å². The lowest BCUT2D eigenvalue weighted by Crippen LogP contribution is -2.18. The highest BCUT2D eigenvalue weighted by Crippen LogP contribution is 2.52. The molecule has 0 saturated carbocycles. The van der Waals surface area contributed by atoms with Crippen molar-refractivity contribution >= 4 is 99.7 Å². The van der Waals surface area contributed by atoms with Gasteiger partial charge in [0.05, 0.1) is 56.2 Å². The molecule has 0 radical (unpaired) electrons. The zero-order valence-electron chi connectivity index (χ0n) is 28.4. The first-order chi connectivity index (χ1) is 26.3. The number of furan rings is 1. The first-order valence-corrected chi connectivity index (χ1v) is 18.1. The summed E-state index contributed by atoms with van der Waals surface area (Å²) in [5.41, 5.74) is 15.8. The summed E-state index contributed by atoms with van der Waals surface area (Å²) in [4.78, 5) is 4.83. The fourth-order valence-electron chi connectivity index (χ4n) is 9.39. The van der Waals surface area contributed by atoms with Crippen LogP contribution < -0.4 is 9.80 Å². The van der Waals surface area contributed by atoms with Gasteiger partial charge in [-0.15, -0.1) is 0 Å². The summed E-state index contributed by atoms with van der Waals surface area (Å²) in [6.07, 6.45) is 0. The third-order valence-electron chi connectivity index (χ3n) is 11.5. The zero-order valence-corrected chi connectivity index (χ0v) is 28.4. The van der Waals surface area contributed by atoms with E-state index in [0.29, 0.717) is 0 Å². The van der Waals surface area contributed by atoms with Gasteiger partial charge in [-0.3, -0.25) is 0 Å². The lowest BCUT2D eigenvalue weighted by Gasteiger charge is -2.33. The monoisotopic (exact) mass is 676 g/mol. The van der Waals surface area contributed by atoms with Crippen molar-refractivity contribution in [1.29, 1.82) is 0 Å². The van der Waals surface area contributed by atoms with Crippen LogP contribution in [-0.4, -0.2) is 9.13 Å². The van der Waals surface area contributed by atoms with Crippen molar-refractivity contribution in [3.63, 3.8) is 0 Å². The third-order valence-corrected chi connectivity index (χ3v) is 11.5. The van der Waals surface area contributed by atoms with Gasteiger partial charge in [-0.05, 0) is 84.9 Å². The molecule has 246 valence electrons. The summed E-state index contributed by atoms with van der Waals surface area (Å²) < 4.78 is 11.4. The molecule has 13 rings (SSSR count). The molecular weight excluding hydrogens is 649 g/mol. The van der Waals surface area contributed by atoms with E-state index in [0.717, 1.165) is 44.7 Å². The van der Waals surface area contributed by atoms with Gasteiger partial charge in [-0.1, -0.05) is 84.9 Å². The summed E-state index contributed by atoms with van der Waals surface area (Å²) in [5, 5.41) is 7.22. The molecule has 0 atom stereocenters. The number of aromatic nitrogens is 2. The van der Waals surface area contributed by atoms with Crippen molar-refractivity contribution in [2.75, 3.05) is 9.80 Å². The number of para-hydroxylation sites is 8. The lowest BCUT2D eigenvalue weighted by molar-refractivity contribution is 0.669. The van der Waals surface area contributed by atoms with Crippen molar-refractivity contribution in [3.05, 3.63) is 170 Å². The van der Waals surface area contributed by atoms with Crippen LogP contribution in [0.15, 0.2) is 174 Å². The van der Waals surface area contributed by atoms with E-state index in [9.17, 15) is 0 Å².